The van der Waals surface area contributed by atoms with Crippen LogP contribution in [0.4, 0.5) is 11.5 Å². The zero-order valence-corrected chi connectivity index (χ0v) is 10.7. The lowest BCUT2D eigenvalue weighted by molar-refractivity contribution is -0.116. The van der Waals surface area contributed by atoms with E-state index in [0.29, 0.717) is 12.2 Å². The average Bonchev–Trinajstić information content (AvgIpc) is 2.82. The molecule has 2 aromatic rings. The Morgan fingerprint density at radius 3 is 2.89 bits per heavy atom. The highest BCUT2D eigenvalue weighted by Gasteiger charge is 2.26. The number of hydrogen-bond donors (Lipinski definition) is 2. The van der Waals surface area contributed by atoms with Crippen molar-refractivity contribution < 1.29 is 4.79 Å². The number of nitrogens with one attached hydrogen (secondary N) is 2. The number of nitrogens with zero attached hydrogens (tertiary/aromatic N) is 1. The van der Waals surface area contributed by atoms with Crippen molar-refractivity contribution >= 4 is 17.4 Å². The highest BCUT2D eigenvalue weighted by atomic mass is 16.2. The summed E-state index contributed by atoms with van der Waals surface area (Å²) >= 11 is 0. The van der Waals surface area contributed by atoms with Crippen LogP contribution in [0, 0.1) is 6.92 Å². The lowest BCUT2D eigenvalue weighted by Crippen LogP contribution is -2.33. The number of anilines is 2. The van der Waals surface area contributed by atoms with Gasteiger partial charge in [-0.2, -0.15) is 0 Å². The summed E-state index contributed by atoms with van der Waals surface area (Å²) in [6.45, 7) is 1.90. The molecule has 2 heterocycles. The summed E-state index contributed by atoms with van der Waals surface area (Å²) in [5.41, 5.74) is 3.11. The predicted molar refractivity (Wildman–Crippen MR) is 75.2 cm³/mol. The fraction of sp³-hybridized carbons (Fsp3) is 0.200. The first-order valence-corrected chi connectivity index (χ1v) is 6.31. The zero-order chi connectivity index (χ0) is 13.2. The van der Waals surface area contributed by atoms with Crippen molar-refractivity contribution in [2.24, 2.45) is 0 Å². The molecule has 1 atom stereocenters. The molecule has 0 fully saturated rings. The second-order valence-electron chi connectivity index (χ2n) is 4.71. The smallest absolute Gasteiger partial charge is 0.248 e. The first-order valence-electron chi connectivity index (χ1n) is 6.31. The average molecular weight is 253 g/mol. The van der Waals surface area contributed by atoms with Crippen molar-refractivity contribution in [3.8, 4) is 0 Å². The van der Waals surface area contributed by atoms with Gasteiger partial charge in [0.25, 0.3) is 0 Å². The minimum absolute atomic E-state index is 0.0469. The number of pyridine rings is 1. The van der Waals surface area contributed by atoms with Gasteiger partial charge in [0.1, 0.15) is 11.9 Å². The van der Waals surface area contributed by atoms with Gasteiger partial charge >= 0.3 is 0 Å². The highest BCUT2D eigenvalue weighted by Crippen LogP contribution is 2.25. The molecule has 0 bridgehead atoms. The first kappa shape index (κ1) is 11.7. The summed E-state index contributed by atoms with van der Waals surface area (Å²) in [5, 5.41) is 6.08. The van der Waals surface area contributed by atoms with Crippen LogP contribution in [0.3, 0.4) is 0 Å². The number of para-hydroxylation sites is 1. The number of carbonyl (C=O) groups is 1. The molecule has 0 radical (unpaired) electrons. The lowest BCUT2D eigenvalue weighted by atomic mass is 10.1. The number of amides is 1. The summed E-state index contributed by atoms with van der Waals surface area (Å²) in [6.07, 6.45) is 0.716. The van der Waals surface area contributed by atoms with E-state index >= 15 is 0 Å². The van der Waals surface area contributed by atoms with Gasteiger partial charge in [0.05, 0.1) is 0 Å². The first-order chi connectivity index (χ1) is 9.22. The molecule has 1 amide bonds. The second-order valence-corrected chi connectivity index (χ2v) is 4.71. The van der Waals surface area contributed by atoms with Crippen molar-refractivity contribution in [3.05, 3.63) is 53.7 Å². The molecule has 0 saturated carbocycles. The van der Waals surface area contributed by atoms with Gasteiger partial charge in [-0.3, -0.25) is 4.79 Å². The molecule has 0 saturated heterocycles. The van der Waals surface area contributed by atoms with Crippen LogP contribution in [0.5, 0.6) is 0 Å². The molecule has 1 aromatic carbocycles. The Bertz CT molecular complexity index is 599. The Hall–Kier alpha value is -2.36. The van der Waals surface area contributed by atoms with Crippen molar-refractivity contribution in [3.63, 3.8) is 0 Å². The molecule has 3 rings (SSSR count). The number of hydrogen-bond acceptors (Lipinski definition) is 3. The minimum Gasteiger partial charge on any atom is -0.373 e. The van der Waals surface area contributed by atoms with E-state index in [4.69, 9.17) is 0 Å². The van der Waals surface area contributed by atoms with Crippen LogP contribution in [-0.4, -0.2) is 16.9 Å². The molecular formula is C15H15N3O. The van der Waals surface area contributed by atoms with E-state index in [-0.39, 0.29) is 11.9 Å². The van der Waals surface area contributed by atoms with E-state index in [1.807, 2.05) is 43.3 Å². The Balaban J connectivity index is 1.70. The number of fused-ring (bicyclic) bond motifs is 1. The molecular weight excluding hydrogens is 238 g/mol. The maximum atomic E-state index is 12.2. The van der Waals surface area contributed by atoms with E-state index in [1.54, 1.807) is 6.07 Å². The van der Waals surface area contributed by atoms with Crippen LogP contribution in [0.15, 0.2) is 42.5 Å². The second kappa shape index (κ2) is 4.72. The van der Waals surface area contributed by atoms with Crippen molar-refractivity contribution in [1.29, 1.82) is 0 Å². The molecule has 0 spiro atoms. The van der Waals surface area contributed by atoms with Crippen LogP contribution in [0.2, 0.25) is 0 Å². The Labute approximate surface area is 111 Å². The standard InChI is InChI=1S/C15H15N3O/c1-10-5-4-8-14(16-10)18-15(19)13-9-11-6-2-3-7-12(11)17-13/h2-8,13,17H,9H2,1H3,(H,16,18,19). The largest absolute Gasteiger partial charge is 0.373 e. The van der Waals surface area contributed by atoms with Crippen LogP contribution in [-0.2, 0) is 11.2 Å². The fourth-order valence-corrected chi connectivity index (χ4v) is 2.28. The van der Waals surface area contributed by atoms with Crippen molar-refractivity contribution in [2.45, 2.75) is 19.4 Å². The van der Waals surface area contributed by atoms with Gasteiger partial charge in [0.2, 0.25) is 5.91 Å². The van der Waals surface area contributed by atoms with Gasteiger partial charge in [-0.25, -0.2) is 4.98 Å². The van der Waals surface area contributed by atoms with E-state index in [9.17, 15) is 4.79 Å². The van der Waals surface area contributed by atoms with Gasteiger partial charge in [0.15, 0.2) is 0 Å². The van der Waals surface area contributed by atoms with Gasteiger partial charge in [-0.05, 0) is 30.7 Å². The molecule has 4 heteroatoms. The van der Waals surface area contributed by atoms with Gasteiger partial charge < -0.3 is 10.6 Å². The predicted octanol–water partition coefficient (Wildman–Crippen LogP) is 2.37. The van der Waals surface area contributed by atoms with E-state index < -0.39 is 0 Å². The molecule has 2 N–H and O–H groups in total. The minimum atomic E-state index is -0.222. The number of aromatic nitrogens is 1. The van der Waals surface area contributed by atoms with Crippen LogP contribution in [0.1, 0.15) is 11.3 Å². The van der Waals surface area contributed by atoms with E-state index in [2.05, 4.69) is 15.6 Å². The topological polar surface area (TPSA) is 54.0 Å². The summed E-state index contributed by atoms with van der Waals surface area (Å²) < 4.78 is 0. The summed E-state index contributed by atoms with van der Waals surface area (Å²) in [6, 6.07) is 13.4. The van der Waals surface area contributed by atoms with E-state index in [1.165, 1.54) is 5.56 Å². The SMILES string of the molecule is Cc1cccc(NC(=O)C2Cc3ccccc3N2)n1. The van der Waals surface area contributed by atoms with E-state index in [0.717, 1.165) is 11.4 Å². The van der Waals surface area contributed by atoms with Gasteiger partial charge in [-0.1, -0.05) is 24.3 Å². The van der Waals surface area contributed by atoms with Crippen molar-refractivity contribution in [1.82, 2.24) is 4.98 Å². The molecule has 0 aliphatic carbocycles. The normalized spacial score (nSPS) is 16.6. The number of carbonyl (C=O) groups excluding carboxylic acids is 1. The Morgan fingerprint density at radius 2 is 2.11 bits per heavy atom. The third kappa shape index (κ3) is 2.42. The number of rotatable bonds is 2. The van der Waals surface area contributed by atoms with Crippen molar-refractivity contribution in [2.75, 3.05) is 10.6 Å². The summed E-state index contributed by atoms with van der Waals surface area (Å²) in [7, 11) is 0. The number of aryl methyl sites for hydroxylation is 1. The maximum Gasteiger partial charge on any atom is 0.248 e. The molecule has 19 heavy (non-hydrogen) atoms. The molecule has 1 aliphatic heterocycles. The molecule has 4 nitrogen and oxygen atoms in total. The fourth-order valence-electron chi connectivity index (χ4n) is 2.28. The quantitative estimate of drug-likeness (QED) is 0.864. The maximum absolute atomic E-state index is 12.2. The summed E-state index contributed by atoms with van der Waals surface area (Å²) in [5.74, 6) is 0.553. The van der Waals surface area contributed by atoms with Gasteiger partial charge in [-0.15, -0.1) is 0 Å². The molecule has 1 unspecified atom stereocenters. The Morgan fingerprint density at radius 1 is 1.26 bits per heavy atom. The molecule has 1 aliphatic rings. The summed E-state index contributed by atoms with van der Waals surface area (Å²) in [4.78, 5) is 16.5. The molecule has 96 valence electrons. The van der Waals surface area contributed by atoms with Crippen LogP contribution < -0.4 is 10.6 Å². The highest BCUT2D eigenvalue weighted by molar-refractivity contribution is 5.97. The van der Waals surface area contributed by atoms with Crippen LogP contribution in [0.25, 0.3) is 0 Å². The zero-order valence-electron chi connectivity index (χ0n) is 10.7. The third-order valence-corrected chi connectivity index (χ3v) is 3.23. The van der Waals surface area contributed by atoms with Crippen LogP contribution >= 0.6 is 0 Å². The Kier molecular flexibility index (Phi) is 2.91. The number of benzene rings is 1. The van der Waals surface area contributed by atoms with Gasteiger partial charge in [0, 0.05) is 17.8 Å². The molecule has 1 aromatic heterocycles. The third-order valence-electron chi connectivity index (χ3n) is 3.23. The lowest BCUT2D eigenvalue weighted by Gasteiger charge is -2.11. The monoisotopic (exact) mass is 253 g/mol.